The zero-order valence-electron chi connectivity index (χ0n) is 20.8. The van der Waals surface area contributed by atoms with Crippen LogP contribution in [-0.2, 0) is 14.3 Å². The molecule has 2 atom stereocenters. The fourth-order valence-corrected chi connectivity index (χ4v) is 4.91. The highest BCUT2D eigenvalue weighted by Gasteiger charge is 2.30. The van der Waals surface area contributed by atoms with E-state index in [0.29, 0.717) is 13.0 Å². The lowest BCUT2D eigenvalue weighted by molar-refractivity contribution is -0.140. The second-order valence-corrected chi connectivity index (χ2v) is 9.14. The molecule has 3 rings (SSSR count). The van der Waals surface area contributed by atoms with Crippen molar-refractivity contribution >= 4 is 18.0 Å². The molecular weight excluding hydrogens is 444 g/mol. The van der Waals surface area contributed by atoms with Gasteiger partial charge in [0, 0.05) is 31.0 Å². The van der Waals surface area contributed by atoms with Crippen LogP contribution in [0.3, 0.4) is 0 Å². The predicted octanol–water partition coefficient (Wildman–Crippen LogP) is 5.19. The Morgan fingerprint density at radius 2 is 1.60 bits per heavy atom. The Hall–Kier alpha value is -3.35. The van der Waals surface area contributed by atoms with Crippen molar-refractivity contribution in [3.05, 3.63) is 59.7 Å². The number of carboxylic acids is 1. The van der Waals surface area contributed by atoms with Gasteiger partial charge >= 0.3 is 12.1 Å². The average molecular weight is 481 g/mol. The van der Waals surface area contributed by atoms with Gasteiger partial charge in [-0.2, -0.15) is 0 Å². The van der Waals surface area contributed by atoms with Gasteiger partial charge in [0.2, 0.25) is 5.91 Å². The van der Waals surface area contributed by atoms with Crippen LogP contribution in [0.5, 0.6) is 0 Å². The van der Waals surface area contributed by atoms with Gasteiger partial charge in [0.15, 0.2) is 0 Å². The van der Waals surface area contributed by atoms with Gasteiger partial charge in [0.25, 0.3) is 0 Å². The molecule has 0 saturated heterocycles. The molecule has 2 aromatic rings. The molecule has 1 aliphatic carbocycles. The van der Waals surface area contributed by atoms with Crippen molar-refractivity contribution in [2.24, 2.45) is 0 Å². The molecule has 0 aliphatic heterocycles. The van der Waals surface area contributed by atoms with E-state index in [2.05, 4.69) is 36.5 Å². The minimum atomic E-state index is -0.942. The number of rotatable bonds is 12. The van der Waals surface area contributed by atoms with E-state index in [-0.39, 0.29) is 37.3 Å². The number of hydrogen-bond donors (Lipinski definition) is 2. The number of fused-ring (bicyclic) bond motifs is 3. The molecule has 7 heteroatoms. The highest BCUT2D eigenvalue weighted by molar-refractivity contribution is 5.80. The molecule has 188 valence electrons. The Morgan fingerprint density at radius 3 is 2.14 bits per heavy atom. The molecule has 2 aromatic carbocycles. The molecule has 35 heavy (non-hydrogen) atoms. The zero-order chi connectivity index (χ0) is 25.4. The fourth-order valence-electron chi connectivity index (χ4n) is 4.91. The molecule has 0 saturated carbocycles. The van der Waals surface area contributed by atoms with Gasteiger partial charge in [-0.15, -0.1) is 0 Å². The lowest BCUT2D eigenvalue weighted by Crippen LogP contribution is -2.44. The Bertz CT molecular complexity index is 992. The first kappa shape index (κ1) is 26.3. The summed E-state index contributed by atoms with van der Waals surface area (Å²) in [6.07, 6.45) is 1.91. The second kappa shape index (κ2) is 12.4. The van der Waals surface area contributed by atoms with Crippen LogP contribution in [0.4, 0.5) is 4.79 Å². The Morgan fingerprint density at radius 1 is 1.00 bits per heavy atom. The lowest BCUT2D eigenvalue weighted by Gasteiger charge is -2.29. The molecule has 7 nitrogen and oxygen atoms in total. The number of benzene rings is 2. The van der Waals surface area contributed by atoms with Crippen LogP contribution in [0.2, 0.25) is 0 Å². The van der Waals surface area contributed by atoms with Gasteiger partial charge in [0.1, 0.15) is 6.61 Å². The third kappa shape index (κ3) is 6.62. The van der Waals surface area contributed by atoms with Crippen molar-refractivity contribution in [1.29, 1.82) is 0 Å². The number of carboxylic acid groups (broad SMARTS) is 1. The fraction of sp³-hybridized carbons (Fsp3) is 0.464. The van der Waals surface area contributed by atoms with Crippen molar-refractivity contribution in [2.45, 2.75) is 70.9 Å². The molecule has 0 heterocycles. The molecule has 2 amide bonds. The second-order valence-electron chi connectivity index (χ2n) is 9.14. The number of unbranched alkanes of at least 4 members (excludes halogenated alkanes) is 1. The van der Waals surface area contributed by atoms with E-state index in [4.69, 9.17) is 9.84 Å². The van der Waals surface area contributed by atoms with Crippen LogP contribution in [-0.4, -0.2) is 53.2 Å². The molecular formula is C28H36N2O5. The van der Waals surface area contributed by atoms with Gasteiger partial charge in [-0.1, -0.05) is 68.3 Å². The minimum Gasteiger partial charge on any atom is -0.481 e. The Labute approximate surface area is 207 Å². The van der Waals surface area contributed by atoms with E-state index < -0.39 is 18.1 Å². The maximum absolute atomic E-state index is 12.9. The van der Waals surface area contributed by atoms with Crippen LogP contribution in [0.15, 0.2) is 48.5 Å². The lowest BCUT2D eigenvalue weighted by atomic mass is 9.98. The molecule has 2 N–H and O–H groups in total. The topological polar surface area (TPSA) is 95.9 Å². The van der Waals surface area contributed by atoms with Crippen molar-refractivity contribution in [1.82, 2.24) is 10.2 Å². The van der Waals surface area contributed by atoms with Gasteiger partial charge < -0.3 is 20.1 Å². The number of alkyl carbamates (subject to hydrolysis) is 1. The third-order valence-electron chi connectivity index (χ3n) is 6.66. The number of aliphatic carboxylic acids is 1. The molecule has 0 bridgehead atoms. The number of nitrogens with one attached hydrogen (secondary N) is 1. The Balaban J connectivity index is 1.63. The zero-order valence-corrected chi connectivity index (χ0v) is 20.8. The summed E-state index contributed by atoms with van der Waals surface area (Å²) in [7, 11) is 0. The summed E-state index contributed by atoms with van der Waals surface area (Å²) in [5.74, 6) is -1.14. The van der Waals surface area contributed by atoms with Gasteiger partial charge in [-0.05, 0) is 42.5 Å². The molecule has 1 unspecified atom stereocenters. The van der Waals surface area contributed by atoms with Gasteiger partial charge in [-0.3, -0.25) is 9.59 Å². The average Bonchev–Trinajstić information content (AvgIpc) is 3.15. The van der Waals surface area contributed by atoms with E-state index in [1.807, 2.05) is 31.2 Å². The number of hydrogen-bond acceptors (Lipinski definition) is 4. The number of carbonyl (C=O) groups is 3. The summed E-state index contributed by atoms with van der Waals surface area (Å²) in [4.78, 5) is 38.3. The van der Waals surface area contributed by atoms with Gasteiger partial charge in [0.05, 0.1) is 6.42 Å². The molecule has 0 radical (unpaired) electrons. The van der Waals surface area contributed by atoms with E-state index in [0.717, 1.165) is 24.0 Å². The Kier molecular flexibility index (Phi) is 9.29. The highest BCUT2D eigenvalue weighted by Crippen LogP contribution is 2.44. The smallest absolute Gasteiger partial charge is 0.407 e. The quantitative estimate of drug-likeness (QED) is 0.436. The standard InChI is InChI=1S/C28H36N2O5/c1-4-6-11-20(17-26(31)30(5-2)19(3)16-27(32)33)29-28(34)35-18-25-23-14-9-7-12-21(23)22-13-8-10-15-24(22)25/h7-10,12-15,19-20,25H,4-6,11,16-18H2,1-3H3,(H,29,34)(H,32,33)/t19?,20-/m0/s1. The first-order chi connectivity index (χ1) is 16.8. The maximum atomic E-state index is 12.9. The van der Waals surface area contributed by atoms with Crippen molar-refractivity contribution < 1.29 is 24.2 Å². The maximum Gasteiger partial charge on any atom is 0.407 e. The molecule has 0 aromatic heterocycles. The van der Waals surface area contributed by atoms with Crippen molar-refractivity contribution in [3.8, 4) is 11.1 Å². The summed E-state index contributed by atoms with van der Waals surface area (Å²) in [6, 6.07) is 15.6. The monoisotopic (exact) mass is 480 g/mol. The van der Waals surface area contributed by atoms with Gasteiger partial charge in [-0.25, -0.2) is 4.79 Å². The summed E-state index contributed by atoms with van der Waals surface area (Å²) in [5, 5.41) is 12.0. The normalized spacial score (nSPS) is 13.9. The highest BCUT2D eigenvalue weighted by atomic mass is 16.5. The predicted molar refractivity (Wildman–Crippen MR) is 135 cm³/mol. The van der Waals surface area contributed by atoms with Crippen LogP contribution < -0.4 is 5.32 Å². The SMILES string of the molecule is CCCC[C@@H](CC(=O)N(CC)C(C)CC(=O)O)NC(=O)OCC1c2ccccc2-c2ccccc21. The van der Waals surface area contributed by atoms with E-state index in [9.17, 15) is 14.4 Å². The molecule has 0 fully saturated rings. The van der Waals surface area contributed by atoms with Crippen molar-refractivity contribution in [3.63, 3.8) is 0 Å². The number of nitrogens with zero attached hydrogens (tertiary/aromatic N) is 1. The first-order valence-electron chi connectivity index (χ1n) is 12.5. The molecule has 1 aliphatic rings. The largest absolute Gasteiger partial charge is 0.481 e. The summed E-state index contributed by atoms with van der Waals surface area (Å²) in [5.41, 5.74) is 4.62. The molecule has 0 spiro atoms. The van der Waals surface area contributed by atoms with Crippen molar-refractivity contribution in [2.75, 3.05) is 13.2 Å². The van der Waals surface area contributed by atoms with Crippen LogP contribution in [0.1, 0.15) is 69.9 Å². The van der Waals surface area contributed by atoms with Crippen LogP contribution in [0.25, 0.3) is 11.1 Å². The van der Waals surface area contributed by atoms with Crippen LogP contribution >= 0.6 is 0 Å². The number of amides is 2. The third-order valence-corrected chi connectivity index (χ3v) is 6.66. The van der Waals surface area contributed by atoms with E-state index in [1.54, 1.807) is 11.8 Å². The number of ether oxygens (including phenoxy) is 1. The minimum absolute atomic E-state index is 0.0312. The van der Waals surface area contributed by atoms with E-state index in [1.165, 1.54) is 11.1 Å². The number of carbonyl (C=O) groups excluding carboxylic acids is 2. The first-order valence-corrected chi connectivity index (χ1v) is 12.5. The van der Waals surface area contributed by atoms with E-state index >= 15 is 0 Å². The summed E-state index contributed by atoms with van der Waals surface area (Å²) in [6.45, 7) is 6.25. The van der Waals surface area contributed by atoms with Crippen LogP contribution in [0, 0.1) is 0 Å². The summed E-state index contributed by atoms with van der Waals surface area (Å²) >= 11 is 0. The summed E-state index contributed by atoms with van der Waals surface area (Å²) < 4.78 is 5.67.